The molecule has 0 unspecified atom stereocenters. The van der Waals surface area contributed by atoms with Gasteiger partial charge in [-0.25, -0.2) is 0 Å². The fourth-order valence-corrected chi connectivity index (χ4v) is 3.01. The standard InChI is InChI=1S/C14H22N4O.ClH/c1-18-9-11(6-17-18)12-7-15-8-13(12)14(19)16-5-10-3-2-4-10;/h6,9-10,12-13,15H,2-5,7-8H2,1H3,(H,16,19);1H/t12-,13+;/m1./s1. The Morgan fingerprint density at radius 3 is 2.90 bits per heavy atom. The zero-order chi connectivity index (χ0) is 13.2. The number of carbonyl (C=O) groups excluding carboxylic acids is 1. The van der Waals surface area contributed by atoms with Gasteiger partial charge in [0.1, 0.15) is 0 Å². The van der Waals surface area contributed by atoms with Gasteiger partial charge in [-0.1, -0.05) is 6.42 Å². The second kappa shape index (κ2) is 6.59. The number of halogens is 1. The van der Waals surface area contributed by atoms with E-state index in [1.165, 1.54) is 19.3 Å². The molecule has 1 aliphatic carbocycles. The molecular weight excluding hydrogens is 276 g/mol. The van der Waals surface area contributed by atoms with Crippen LogP contribution in [0.1, 0.15) is 30.7 Å². The first-order valence-electron chi connectivity index (χ1n) is 7.21. The molecule has 1 saturated heterocycles. The van der Waals surface area contributed by atoms with Crippen molar-refractivity contribution in [1.82, 2.24) is 20.4 Å². The van der Waals surface area contributed by atoms with E-state index in [2.05, 4.69) is 15.7 Å². The van der Waals surface area contributed by atoms with Gasteiger partial charge in [0.25, 0.3) is 0 Å². The molecule has 2 atom stereocenters. The molecule has 20 heavy (non-hydrogen) atoms. The maximum Gasteiger partial charge on any atom is 0.225 e. The van der Waals surface area contributed by atoms with Crippen molar-refractivity contribution in [1.29, 1.82) is 0 Å². The summed E-state index contributed by atoms with van der Waals surface area (Å²) in [6, 6.07) is 0. The highest BCUT2D eigenvalue weighted by molar-refractivity contribution is 5.85. The Bertz CT molecular complexity index is 458. The molecule has 0 radical (unpaired) electrons. The fourth-order valence-electron chi connectivity index (χ4n) is 3.01. The molecule has 2 fully saturated rings. The summed E-state index contributed by atoms with van der Waals surface area (Å²) < 4.78 is 1.80. The van der Waals surface area contributed by atoms with Crippen LogP contribution in [0, 0.1) is 11.8 Å². The first-order valence-corrected chi connectivity index (χ1v) is 7.21. The average Bonchev–Trinajstić information content (AvgIpc) is 2.94. The minimum absolute atomic E-state index is 0. The lowest BCUT2D eigenvalue weighted by molar-refractivity contribution is -0.125. The Morgan fingerprint density at radius 2 is 2.30 bits per heavy atom. The second-order valence-corrected chi connectivity index (χ2v) is 5.86. The van der Waals surface area contributed by atoms with Crippen molar-refractivity contribution in [2.24, 2.45) is 18.9 Å². The van der Waals surface area contributed by atoms with Crippen molar-refractivity contribution in [2.45, 2.75) is 25.2 Å². The van der Waals surface area contributed by atoms with Gasteiger partial charge in [0.15, 0.2) is 0 Å². The van der Waals surface area contributed by atoms with Crippen LogP contribution in [0.2, 0.25) is 0 Å². The lowest BCUT2D eigenvalue weighted by Crippen LogP contribution is -2.38. The molecule has 2 N–H and O–H groups in total. The Labute approximate surface area is 125 Å². The summed E-state index contributed by atoms with van der Waals surface area (Å²) in [6.07, 6.45) is 7.77. The molecule has 5 nitrogen and oxygen atoms in total. The summed E-state index contributed by atoms with van der Waals surface area (Å²) in [5, 5.41) is 10.7. The quantitative estimate of drug-likeness (QED) is 0.874. The third kappa shape index (κ3) is 3.15. The van der Waals surface area contributed by atoms with E-state index in [4.69, 9.17) is 0 Å². The molecule has 6 heteroatoms. The molecule has 112 valence electrons. The van der Waals surface area contributed by atoms with Crippen LogP contribution in [0.4, 0.5) is 0 Å². The summed E-state index contributed by atoms with van der Waals surface area (Å²) in [7, 11) is 1.91. The number of hydrogen-bond acceptors (Lipinski definition) is 3. The smallest absolute Gasteiger partial charge is 0.225 e. The van der Waals surface area contributed by atoms with E-state index in [1.54, 1.807) is 4.68 Å². The molecule has 1 aromatic heterocycles. The monoisotopic (exact) mass is 298 g/mol. The highest BCUT2D eigenvalue weighted by Crippen LogP contribution is 2.29. The highest BCUT2D eigenvalue weighted by atomic mass is 35.5. The van der Waals surface area contributed by atoms with E-state index in [0.717, 1.165) is 31.1 Å². The maximum absolute atomic E-state index is 12.3. The first kappa shape index (κ1) is 15.3. The van der Waals surface area contributed by atoms with Crippen LogP contribution in [0.3, 0.4) is 0 Å². The van der Waals surface area contributed by atoms with Gasteiger partial charge in [0.2, 0.25) is 5.91 Å². The number of amides is 1. The van der Waals surface area contributed by atoms with Gasteiger partial charge >= 0.3 is 0 Å². The number of nitrogens with one attached hydrogen (secondary N) is 2. The Balaban J connectivity index is 0.00000147. The Morgan fingerprint density at radius 1 is 1.50 bits per heavy atom. The molecule has 0 bridgehead atoms. The van der Waals surface area contributed by atoms with Crippen molar-refractivity contribution in [3.8, 4) is 0 Å². The van der Waals surface area contributed by atoms with Crippen molar-refractivity contribution < 1.29 is 4.79 Å². The molecule has 0 spiro atoms. The van der Waals surface area contributed by atoms with E-state index >= 15 is 0 Å². The van der Waals surface area contributed by atoms with Crippen LogP contribution < -0.4 is 10.6 Å². The SMILES string of the molecule is Cl.Cn1cc([C@H]2CNC[C@@H]2C(=O)NCC2CCC2)cn1. The molecular formula is C14H23ClN4O. The van der Waals surface area contributed by atoms with Crippen molar-refractivity contribution >= 4 is 18.3 Å². The first-order chi connectivity index (χ1) is 9.24. The third-order valence-corrected chi connectivity index (χ3v) is 4.49. The van der Waals surface area contributed by atoms with Crippen LogP contribution >= 0.6 is 12.4 Å². The molecule has 2 aliphatic rings. The predicted molar refractivity (Wildman–Crippen MR) is 79.9 cm³/mol. The maximum atomic E-state index is 12.3. The number of aryl methyl sites for hydroxylation is 1. The number of aromatic nitrogens is 2. The average molecular weight is 299 g/mol. The summed E-state index contributed by atoms with van der Waals surface area (Å²) >= 11 is 0. The summed E-state index contributed by atoms with van der Waals surface area (Å²) in [5.41, 5.74) is 1.16. The highest BCUT2D eigenvalue weighted by Gasteiger charge is 2.34. The molecule has 1 amide bonds. The normalized spacial score (nSPS) is 25.9. The lowest BCUT2D eigenvalue weighted by atomic mass is 9.85. The number of nitrogens with zero attached hydrogens (tertiary/aromatic N) is 2. The zero-order valence-electron chi connectivity index (χ0n) is 11.8. The largest absolute Gasteiger partial charge is 0.356 e. The minimum atomic E-state index is 0. The Kier molecular flexibility index (Phi) is 5.05. The summed E-state index contributed by atoms with van der Waals surface area (Å²) in [5.74, 6) is 1.22. The van der Waals surface area contributed by atoms with E-state index < -0.39 is 0 Å². The van der Waals surface area contributed by atoms with Gasteiger partial charge in [-0.2, -0.15) is 5.10 Å². The second-order valence-electron chi connectivity index (χ2n) is 5.86. The van der Waals surface area contributed by atoms with E-state index in [-0.39, 0.29) is 30.2 Å². The number of hydrogen-bond donors (Lipinski definition) is 2. The third-order valence-electron chi connectivity index (χ3n) is 4.49. The van der Waals surface area contributed by atoms with Gasteiger partial charge in [0.05, 0.1) is 12.1 Å². The number of rotatable bonds is 4. The molecule has 1 saturated carbocycles. The van der Waals surface area contributed by atoms with Gasteiger partial charge in [-0.15, -0.1) is 12.4 Å². The molecule has 2 heterocycles. The van der Waals surface area contributed by atoms with Gasteiger partial charge in [-0.3, -0.25) is 9.48 Å². The molecule has 3 rings (SSSR count). The van der Waals surface area contributed by atoms with Gasteiger partial charge in [0, 0.05) is 38.8 Å². The minimum Gasteiger partial charge on any atom is -0.356 e. The number of carbonyl (C=O) groups is 1. The van der Waals surface area contributed by atoms with Crippen molar-refractivity contribution in [3.63, 3.8) is 0 Å². The van der Waals surface area contributed by atoms with Crippen LogP contribution in [0.25, 0.3) is 0 Å². The van der Waals surface area contributed by atoms with E-state index in [1.807, 2.05) is 19.4 Å². The Hall–Kier alpha value is -1.07. The summed E-state index contributed by atoms with van der Waals surface area (Å²) in [4.78, 5) is 12.3. The van der Waals surface area contributed by atoms with Crippen molar-refractivity contribution in [3.05, 3.63) is 18.0 Å². The van der Waals surface area contributed by atoms with Crippen LogP contribution in [-0.2, 0) is 11.8 Å². The van der Waals surface area contributed by atoms with Crippen LogP contribution in [0.5, 0.6) is 0 Å². The van der Waals surface area contributed by atoms with E-state index in [9.17, 15) is 4.79 Å². The molecule has 1 aliphatic heterocycles. The summed E-state index contributed by atoms with van der Waals surface area (Å²) in [6.45, 7) is 2.50. The lowest BCUT2D eigenvalue weighted by Gasteiger charge is -2.26. The molecule has 0 aromatic carbocycles. The molecule has 1 aromatic rings. The van der Waals surface area contributed by atoms with Crippen molar-refractivity contribution in [2.75, 3.05) is 19.6 Å². The predicted octanol–water partition coefficient (Wildman–Crippen LogP) is 1.06. The topological polar surface area (TPSA) is 59.0 Å². The van der Waals surface area contributed by atoms with Gasteiger partial charge < -0.3 is 10.6 Å². The zero-order valence-corrected chi connectivity index (χ0v) is 12.7. The van der Waals surface area contributed by atoms with E-state index in [0.29, 0.717) is 0 Å². The van der Waals surface area contributed by atoms with Crippen LogP contribution in [0.15, 0.2) is 12.4 Å². The van der Waals surface area contributed by atoms with Gasteiger partial charge in [-0.05, 0) is 24.3 Å². The van der Waals surface area contributed by atoms with Crippen LogP contribution in [-0.4, -0.2) is 35.3 Å². The fraction of sp³-hybridized carbons (Fsp3) is 0.714.